The highest BCUT2D eigenvalue weighted by molar-refractivity contribution is 5.65. The predicted octanol–water partition coefficient (Wildman–Crippen LogP) is 3.59. The lowest BCUT2D eigenvalue weighted by atomic mass is 9.78. The number of phenolic OH excluding ortho intramolecular Hbond substituents is 1. The van der Waals surface area contributed by atoms with E-state index in [9.17, 15) is 30.1 Å². The van der Waals surface area contributed by atoms with E-state index in [0.717, 1.165) is 12.1 Å². The van der Waals surface area contributed by atoms with Crippen LogP contribution in [0.3, 0.4) is 0 Å². The monoisotopic (exact) mass is 362 g/mol. The molecule has 0 heterocycles. The zero-order valence-electron chi connectivity index (χ0n) is 13.7. The van der Waals surface area contributed by atoms with Gasteiger partial charge in [0.1, 0.15) is 0 Å². The number of ether oxygens (including phenoxy) is 1. The van der Waals surface area contributed by atoms with Gasteiger partial charge in [0, 0.05) is 17.5 Å². The first-order valence-corrected chi connectivity index (χ1v) is 7.21. The molecule has 0 saturated carbocycles. The van der Waals surface area contributed by atoms with Crippen molar-refractivity contribution in [3.05, 3.63) is 67.8 Å². The van der Waals surface area contributed by atoms with Crippen molar-refractivity contribution in [2.75, 3.05) is 0 Å². The van der Waals surface area contributed by atoms with Crippen LogP contribution in [0.4, 0.5) is 16.2 Å². The maximum atomic E-state index is 11.2. The summed E-state index contributed by atoms with van der Waals surface area (Å²) in [6.07, 6.45) is -1.69. The number of benzene rings is 2. The van der Waals surface area contributed by atoms with Crippen LogP contribution in [0, 0.1) is 20.2 Å². The lowest BCUT2D eigenvalue weighted by Gasteiger charge is -2.26. The molecule has 0 saturated heterocycles. The number of nitrogens with zero attached hydrogens (tertiary/aromatic N) is 2. The highest BCUT2D eigenvalue weighted by atomic mass is 16.7. The average Bonchev–Trinajstić information content (AvgIpc) is 2.54. The third kappa shape index (κ3) is 3.53. The van der Waals surface area contributed by atoms with Gasteiger partial charge >= 0.3 is 17.5 Å². The number of carboxylic acid groups (broad SMARTS) is 1. The largest absolute Gasteiger partial charge is 0.511 e. The van der Waals surface area contributed by atoms with Crippen LogP contribution in [0.15, 0.2) is 36.4 Å². The van der Waals surface area contributed by atoms with Crippen LogP contribution >= 0.6 is 0 Å². The minimum Gasteiger partial charge on any atom is -0.502 e. The van der Waals surface area contributed by atoms with Crippen LogP contribution in [-0.4, -0.2) is 26.2 Å². The molecule has 10 heteroatoms. The highest BCUT2D eigenvalue weighted by Gasteiger charge is 2.29. The van der Waals surface area contributed by atoms with Gasteiger partial charge in [-0.3, -0.25) is 20.2 Å². The average molecular weight is 362 g/mol. The minimum atomic E-state index is -1.69. The lowest BCUT2D eigenvalue weighted by Crippen LogP contribution is -2.19. The van der Waals surface area contributed by atoms with E-state index < -0.39 is 44.3 Å². The van der Waals surface area contributed by atoms with E-state index >= 15 is 0 Å². The maximum Gasteiger partial charge on any atom is 0.511 e. The van der Waals surface area contributed by atoms with Gasteiger partial charge in [-0.15, -0.1) is 0 Å². The van der Waals surface area contributed by atoms with Crippen molar-refractivity contribution in [3.63, 3.8) is 0 Å². The second kappa shape index (κ2) is 6.67. The lowest BCUT2D eigenvalue weighted by molar-refractivity contribution is -0.386. The number of hydrogen-bond acceptors (Lipinski definition) is 7. The molecule has 0 radical (unpaired) electrons. The van der Waals surface area contributed by atoms with E-state index in [4.69, 9.17) is 5.11 Å². The summed E-state index contributed by atoms with van der Waals surface area (Å²) in [7, 11) is 0. The van der Waals surface area contributed by atoms with Crippen molar-refractivity contribution < 1.29 is 29.6 Å². The van der Waals surface area contributed by atoms with Gasteiger partial charge in [-0.25, -0.2) is 4.79 Å². The van der Waals surface area contributed by atoms with Crippen LogP contribution in [0.1, 0.15) is 25.0 Å². The molecule has 0 aromatic heterocycles. The zero-order valence-corrected chi connectivity index (χ0v) is 13.7. The van der Waals surface area contributed by atoms with Crippen LogP contribution in [0.25, 0.3) is 0 Å². The highest BCUT2D eigenvalue weighted by Crippen LogP contribution is 2.39. The molecular formula is C16H14N2O8. The Morgan fingerprint density at radius 1 is 1.00 bits per heavy atom. The van der Waals surface area contributed by atoms with Crippen LogP contribution in [0.5, 0.6) is 11.5 Å². The van der Waals surface area contributed by atoms with Gasteiger partial charge in [-0.2, -0.15) is 0 Å². The molecule has 0 spiro atoms. The molecule has 2 aromatic rings. The summed E-state index contributed by atoms with van der Waals surface area (Å²) in [5.41, 5.74) is -1.11. The zero-order chi connectivity index (χ0) is 19.6. The topological polar surface area (TPSA) is 153 Å². The van der Waals surface area contributed by atoms with E-state index in [1.807, 2.05) is 0 Å². The Bertz CT molecular complexity index is 907. The molecule has 0 atom stereocenters. The summed E-state index contributed by atoms with van der Waals surface area (Å²) in [4.78, 5) is 31.4. The van der Waals surface area contributed by atoms with E-state index in [-0.39, 0.29) is 0 Å². The van der Waals surface area contributed by atoms with Gasteiger partial charge in [0.15, 0.2) is 5.75 Å². The number of nitro benzene ring substituents is 2. The van der Waals surface area contributed by atoms with Gasteiger partial charge < -0.3 is 14.9 Å². The maximum absolute atomic E-state index is 11.2. The number of nitro groups is 2. The summed E-state index contributed by atoms with van der Waals surface area (Å²) in [6, 6.07) is 7.56. The van der Waals surface area contributed by atoms with E-state index in [1.165, 1.54) is 24.3 Å². The van der Waals surface area contributed by atoms with Crippen molar-refractivity contribution in [2.24, 2.45) is 0 Å². The summed E-state index contributed by atoms with van der Waals surface area (Å²) in [6.45, 7) is 3.36. The standard InChI is InChI=1S/C16H14N2O8/c1-16(2,9-3-5-13(19)11(7-9)17(22)23)10-4-6-14(26-15(20)21)12(8-10)18(24)25/h3-8,19H,1-2H3,(H,20,21). The molecule has 0 aliphatic heterocycles. The van der Waals surface area contributed by atoms with Crippen molar-refractivity contribution >= 4 is 17.5 Å². The molecule has 2 rings (SSSR count). The Balaban J connectivity index is 2.57. The molecule has 136 valence electrons. The van der Waals surface area contributed by atoms with E-state index in [1.54, 1.807) is 13.8 Å². The molecule has 26 heavy (non-hydrogen) atoms. The molecule has 0 bridgehead atoms. The third-order valence-electron chi connectivity index (χ3n) is 3.97. The molecule has 0 aliphatic rings. The summed E-state index contributed by atoms with van der Waals surface area (Å²) in [5, 5.41) is 40.5. The smallest absolute Gasteiger partial charge is 0.502 e. The first kappa shape index (κ1) is 18.6. The quantitative estimate of drug-likeness (QED) is 0.354. The summed E-state index contributed by atoms with van der Waals surface area (Å²) >= 11 is 0. The molecule has 0 amide bonds. The molecule has 2 aromatic carbocycles. The summed E-state index contributed by atoms with van der Waals surface area (Å²) in [5.74, 6) is -0.926. The van der Waals surface area contributed by atoms with Gasteiger partial charge in [-0.05, 0) is 23.3 Å². The summed E-state index contributed by atoms with van der Waals surface area (Å²) < 4.78 is 4.40. The van der Waals surface area contributed by atoms with Crippen LogP contribution < -0.4 is 4.74 Å². The molecule has 10 nitrogen and oxygen atoms in total. The number of aromatic hydroxyl groups is 1. The Labute approximate surface area is 146 Å². The molecule has 2 N–H and O–H groups in total. The van der Waals surface area contributed by atoms with Crippen molar-refractivity contribution in [1.82, 2.24) is 0 Å². The normalized spacial score (nSPS) is 11.0. The second-order valence-corrected chi connectivity index (χ2v) is 5.89. The Kier molecular flexibility index (Phi) is 4.78. The van der Waals surface area contributed by atoms with Gasteiger partial charge in [0.25, 0.3) is 0 Å². The molecule has 0 unspecified atom stereocenters. The van der Waals surface area contributed by atoms with Crippen LogP contribution in [0.2, 0.25) is 0 Å². The SMILES string of the molecule is CC(C)(c1ccc(O)c([N+](=O)[O-])c1)c1ccc(OC(=O)O)c([N+](=O)[O-])c1. The van der Waals surface area contributed by atoms with Crippen molar-refractivity contribution in [2.45, 2.75) is 19.3 Å². The Hall–Kier alpha value is -3.69. The van der Waals surface area contributed by atoms with E-state index in [2.05, 4.69) is 4.74 Å². The van der Waals surface area contributed by atoms with Gasteiger partial charge in [0.2, 0.25) is 5.75 Å². The second-order valence-electron chi connectivity index (χ2n) is 5.89. The molecule has 0 fully saturated rings. The fourth-order valence-corrected chi connectivity index (χ4v) is 2.45. The fraction of sp³-hybridized carbons (Fsp3) is 0.188. The van der Waals surface area contributed by atoms with Crippen LogP contribution in [-0.2, 0) is 5.41 Å². The Morgan fingerprint density at radius 3 is 2.00 bits per heavy atom. The number of rotatable bonds is 5. The third-order valence-corrected chi connectivity index (χ3v) is 3.97. The minimum absolute atomic E-state index is 0.405. The van der Waals surface area contributed by atoms with Gasteiger partial charge in [-0.1, -0.05) is 26.0 Å². The predicted molar refractivity (Wildman–Crippen MR) is 88.6 cm³/mol. The first-order valence-electron chi connectivity index (χ1n) is 7.21. The molecule has 0 aliphatic carbocycles. The van der Waals surface area contributed by atoms with E-state index in [0.29, 0.717) is 11.1 Å². The Morgan fingerprint density at radius 2 is 1.50 bits per heavy atom. The van der Waals surface area contributed by atoms with Crippen molar-refractivity contribution in [3.8, 4) is 11.5 Å². The number of carbonyl (C=O) groups is 1. The molecular weight excluding hydrogens is 348 g/mol. The first-order chi connectivity index (χ1) is 12.0. The number of phenols is 1. The van der Waals surface area contributed by atoms with Gasteiger partial charge in [0.05, 0.1) is 9.85 Å². The fourth-order valence-electron chi connectivity index (χ4n) is 2.45. The number of hydrogen-bond donors (Lipinski definition) is 2. The van der Waals surface area contributed by atoms with Crippen molar-refractivity contribution in [1.29, 1.82) is 0 Å².